The molecular formula is C14H15NO2S. The Hall–Kier alpha value is -1.68. The molecule has 2 rings (SSSR count). The second-order valence-corrected chi connectivity index (χ2v) is 5.13. The maximum Gasteiger partial charge on any atom is 0.313 e. The zero-order valence-electron chi connectivity index (χ0n) is 10.4. The molecule has 0 fully saturated rings. The summed E-state index contributed by atoms with van der Waals surface area (Å²) in [6.45, 7) is 3.90. The Morgan fingerprint density at radius 2 is 2.06 bits per heavy atom. The van der Waals surface area contributed by atoms with Crippen molar-refractivity contribution in [2.45, 2.75) is 26.2 Å². The summed E-state index contributed by atoms with van der Waals surface area (Å²) < 4.78 is 0. The maximum atomic E-state index is 11.1. The number of rotatable bonds is 4. The Kier molecular flexibility index (Phi) is 3.77. The molecule has 0 saturated carbocycles. The van der Waals surface area contributed by atoms with Crippen molar-refractivity contribution >= 4 is 17.3 Å². The van der Waals surface area contributed by atoms with Gasteiger partial charge in [0.1, 0.15) is 10.9 Å². The van der Waals surface area contributed by atoms with E-state index in [2.05, 4.69) is 4.98 Å². The van der Waals surface area contributed by atoms with Gasteiger partial charge in [0.25, 0.3) is 0 Å². The fourth-order valence-electron chi connectivity index (χ4n) is 1.76. The highest BCUT2D eigenvalue weighted by Crippen LogP contribution is 2.28. The monoisotopic (exact) mass is 261 g/mol. The molecule has 0 aliphatic heterocycles. The van der Waals surface area contributed by atoms with Crippen molar-refractivity contribution in [1.82, 2.24) is 4.98 Å². The molecular weight excluding hydrogens is 246 g/mol. The number of thiazole rings is 1. The second kappa shape index (κ2) is 5.31. The van der Waals surface area contributed by atoms with Gasteiger partial charge in [-0.15, -0.1) is 11.3 Å². The molecule has 1 unspecified atom stereocenters. The fraction of sp³-hybridized carbons (Fsp3) is 0.286. The number of benzene rings is 1. The number of hydrogen-bond donors (Lipinski definition) is 1. The molecule has 1 aromatic carbocycles. The summed E-state index contributed by atoms with van der Waals surface area (Å²) in [4.78, 5) is 15.5. The van der Waals surface area contributed by atoms with Crippen molar-refractivity contribution < 1.29 is 9.90 Å². The minimum atomic E-state index is -0.803. The van der Waals surface area contributed by atoms with Gasteiger partial charge in [-0.05, 0) is 13.3 Å². The minimum absolute atomic E-state index is 0.491. The number of nitrogens with zero attached hydrogens (tertiary/aromatic N) is 1. The summed E-state index contributed by atoms with van der Waals surface area (Å²) >= 11 is 1.42. The summed E-state index contributed by atoms with van der Waals surface area (Å²) in [6.07, 6.45) is 0.566. The summed E-state index contributed by atoms with van der Waals surface area (Å²) in [5.74, 6) is -1.29. The molecule has 0 spiro atoms. The lowest BCUT2D eigenvalue weighted by atomic mass is 10.1. The number of carbonyl (C=O) groups is 1. The molecule has 0 amide bonds. The van der Waals surface area contributed by atoms with Crippen molar-refractivity contribution in [3.63, 3.8) is 0 Å². The average molecular weight is 261 g/mol. The van der Waals surface area contributed by atoms with Gasteiger partial charge in [-0.25, -0.2) is 4.98 Å². The first-order chi connectivity index (χ1) is 8.61. The van der Waals surface area contributed by atoms with E-state index in [1.165, 1.54) is 16.9 Å². The number of aryl methyl sites for hydroxylation is 1. The van der Waals surface area contributed by atoms with E-state index in [0.29, 0.717) is 11.4 Å². The molecule has 0 aliphatic carbocycles. The molecule has 94 valence electrons. The molecule has 2 aromatic rings. The number of aliphatic carboxylic acids is 1. The largest absolute Gasteiger partial charge is 0.481 e. The molecule has 0 bridgehead atoms. The Labute approximate surface area is 110 Å². The highest BCUT2D eigenvalue weighted by Gasteiger charge is 2.21. The van der Waals surface area contributed by atoms with E-state index in [0.717, 1.165) is 11.3 Å². The first-order valence-corrected chi connectivity index (χ1v) is 6.75. The van der Waals surface area contributed by atoms with Crippen molar-refractivity contribution in [2.24, 2.45) is 0 Å². The average Bonchev–Trinajstić information content (AvgIpc) is 2.80. The van der Waals surface area contributed by atoms with Crippen LogP contribution in [0.4, 0.5) is 0 Å². The molecule has 1 atom stereocenters. The fourth-order valence-corrected chi connectivity index (χ4v) is 2.76. The third-order valence-electron chi connectivity index (χ3n) is 2.87. The SMILES string of the molecule is CCC(C(=O)O)c1nc(-c2ccc(C)cc2)cs1. The van der Waals surface area contributed by atoms with Gasteiger partial charge in [0.2, 0.25) is 0 Å². The standard InChI is InChI=1S/C14H15NO2S/c1-3-11(14(16)17)13-15-12(8-18-13)10-6-4-9(2)5-7-10/h4-8,11H,3H2,1-2H3,(H,16,17). The van der Waals surface area contributed by atoms with Crippen LogP contribution in [0, 0.1) is 6.92 Å². The smallest absolute Gasteiger partial charge is 0.313 e. The maximum absolute atomic E-state index is 11.1. The van der Waals surface area contributed by atoms with Crippen LogP contribution in [-0.2, 0) is 4.79 Å². The molecule has 0 aliphatic rings. The van der Waals surface area contributed by atoms with E-state index in [9.17, 15) is 4.79 Å². The van der Waals surface area contributed by atoms with E-state index >= 15 is 0 Å². The molecule has 1 heterocycles. The van der Waals surface area contributed by atoms with Crippen LogP contribution in [0.3, 0.4) is 0 Å². The normalized spacial score (nSPS) is 12.3. The van der Waals surface area contributed by atoms with Gasteiger partial charge in [0.05, 0.1) is 5.69 Å². The van der Waals surface area contributed by atoms with Crippen LogP contribution >= 0.6 is 11.3 Å². The molecule has 0 saturated heterocycles. The number of carboxylic acids is 1. The number of aromatic nitrogens is 1. The van der Waals surface area contributed by atoms with Gasteiger partial charge < -0.3 is 5.11 Å². The van der Waals surface area contributed by atoms with Crippen LogP contribution in [0.25, 0.3) is 11.3 Å². The lowest BCUT2D eigenvalue weighted by Crippen LogP contribution is -2.09. The Balaban J connectivity index is 2.30. The minimum Gasteiger partial charge on any atom is -0.481 e. The zero-order valence-corrected chi connectivity index (χ0v) is 11.2. The Morgan fingerprint density at radius 1 is 1.39 bits per heavy atom. The molecule has 18 heavy (non-hydrogen) atoms. The summed E-state index contributed by atoms with van der Waals surface area (Å²) in [5.41, 5.74) is 3.09. The molecule has 4 heteroatoms. The van der Waals surface area contributed by atoms with E-state index in [4.69, 9.17) is 5.11 Å². The molecule has 3 nitrogen and oxygen atoms in total. The van der Waals surface area contributed by atoms with E-state index < -0.39 is 11.9 Å². The van der Waals surface area contributed by atoms with Crippen molar-refractivity contribution in [1.29, 1.82) is 0 Å². The summed E-state index contributed by atoms with van der Waals surface area (Å²) in [5, 5.41) is 11.7. The van der Waals surface area contributed by atoms with E-state index in [1.807, 2.05) is 43.5 Å². The van der Waals surface area contributed by atoms with E-state index in [1.54, 1.807) is 0 Å². The highest BCUT2D eigenvalue weighted by atomic mass is 32.1. The molecule has 0 radical (unpaired) electrons. The van der Waals surface area contributed by atoms with Crippen LogP contribution < -0.4 is 0 Å². The van der Waals surface area contributed by atoms with Gasteiger partial charge >= 0.3 is 5.97 Å². The topological polar surface area (TPSA) is 50.2 Å². The summed E-state index contributed by atoms with van der Waals surface area (Å²) in [6, 6.07) is 8.08. The quantitative estimate of drug-likeness (QED) is 0.913. The van der Waals surface area contributed by atoms with Gasteiger partial charge in [-0.1, -0.05) is 36.8 Å². The van der Waals surface area contributed by atoms with Gasteiger partial charge in [-0.3, -0.25) is 4.79 Å². The molecule has 1 aromatic heterocycles. The predicted octanol–water partition coefficient (Wildman–Crippen LogP) is 3.70. The Morgan fingerprint density at radius 3 is 2.61 bits per heavy atom. The third kappa shape index (κ3) is 2.59. The van der Waals surface area contributed by atoms with Crippen molar-refractivity contribution in [3.8, 4) is 11.3 Å². The van der Waals surface area contributed by atoms with Crippen LogP contribution in [0.5, 0.6) is 0 Å². The van der Waals surface area contributed by atoms with Gasteiger partial charge in [0.15, 0.2) is 0 Å². The molecule has 1 N–H and O–H groups in total. The van der Waals surface area contributed by atoms with Gasteiger partial charge in [0, 0.05) is 10.9 Å². The van der Waals surface area contributed by atoms with E-state index in [-0.39, 0.29) is 0 Å². The highest BCUT2D eigenvalue weighted by molar-refractivity contribution is 7.10. The first-order valence-electron chi connectivity index (χ1n) is 5.87. The lowest BCUT2D eigenvalue weighted by Gasteiger charge is -2.04. The predicted molar refractivity (Wildman–Crippen MR) is 73.0 cm³/mol. The summed E-state index contributed by atoms with van der Waals surface area (Å²) in [7, 11) is 0. The van der Waals surface area contributed by atoms with Gasteiger partial charge in [-0.2, -0.15) is 0 Å². The van der Waals surface area contributed by atoms with Crippen LogP contribution in [0.2, 0.25) is 0 Å². The number of carboxylic acid groups (broad SMARTS) is 1. The third-order valence-corrected chi connectivity index (χ3v) is 3.83. The second-order valence-electron chi connectivity index (χ2n) is 4.24. The first kappa shape index (κ1) is 12.8. The lowest BCUT2D eigenvalue weighted by molar-refractivity contribution is -0.138. The van der Waals surface area contributed by atoms with Crippen molar-refractivity contribution in [2.75, 3.05) is 0 Å². The zero-order chi connectivity index (χ0) is 13.1. The van der Waals surface area contributed by atoms with Crippen LogP contribution in [0.1, 0.15) is 29.8 Å². The Bertz CT molecular complexity index is 545. The van der Waals surface area contributed by atoms with Crippen molar-refractivity contribution in [3.05, 3.63) is 40.2 Å². The van der Waals surface area contributed by atoms with Crippen LogP contribution in [0.15, 0.2) is 29.6 Å². The van der Waals surface area contributed by atoms with Crippen LogP contribution in [-0.4, -0.2) is 16.1 Å². The number of hydrogen-bond acceptors (Lipinski definition) is 3.